The fourth-order valence-corrected chi connectivity index (χ4v) is 4.41. The summed E-state index contributed by atoms with van der Waals surface area (Å²) in [5.74, 6) is 2.29. The molecule has 0 aliphatic carbocycles. The number of hydrogen-bond donors (Lipinski definition) is 1. The lowest BCUT2D eigenvalue weighted by molar-refractivity contribution is 0.0951. The van der Waals surface area contributed by atoms with Crippen LogP contribution in [0.2, 0.25) is 5.02 Å². The van der Waals surface area contributed by atoms with Gasteiger partial charge in [-0.1, -0.05) is 17.7 Å². The number of rotatable bonds is 8. The molecule has 0 saturated carbocycles. The van der Waals surface area contributed by atoms with E-state index in [0.29, 0.717) is 23.2 Å². The van der Waals surface area contributed by atoms with E-state index in [9.17, 15) is 4.79 Å². The summed E-state index contributed by atoms with van der Waals surface area (Å²) in [6, 6.07) is 17.3. The maximum atomic E-state index is 12.4. The van der Waals surface area contributed by atoms with Crippen LogP contribution in [0.5, 0.6) is 11.5 Å². The first-order valence-corrected chi connectivity index (χ1v) is 12.0. The molecule has 1 fully saturated rings. The molecular weight excluding hydrogens is 464 g/mol. The van der Waals surface area contributed by atoms with Crippen LogP contribution in [0.4, 0.5) is 5.82 Å². The number of halogens is 1. The van der Waals surface area contributed by atoms with Crippen molar-refractivity contribution in [3.8, 4) is 11.5 Å². The summed E-state index contributed by atoms with van der Waals surface area (Å²) < 4.78 is 10.8. The van der Waals surface area contributed by atoms with Crippen LogP contribution in [-0.2, 0) is 13.1 Å². The lowest BCUT2D eigenvalue weighted by Crippen LogP contribution is -2.51. The van der Waals surface area contributed by atoms with Crippen molar-refractivity contribution in [2.75, 3.05) is 38.8 Å². The van der Waals surface area contributed by atoms with Crippen molar-refractivity contribution >= 4 is 23.3 Å². The number of nitrogens with one attached hydrogen (secondary N) is 1. The summed E-state index contributed by atoms with van der Waals surface area (Å²) in [4.78, 5) is 21.8. The van der Waals surface area contributed by atoms with E-state index in [-0.39, 0.29) is 5.91 Å². The predicted octanol–water partition coefficient (Wildman–Crippen LogP) is 4.39. The Hall–Kier alpha value is -3.29. The molecule has 2 aromatic carbocycles. The third kappa shape index (κ3) is 6.24. The molecule has 1 atom stereocenters. The smallest absolute Gasteiger partial charge is 0.251 e. The highest BCUT2D eigenvalue weighted by Crippen LogP contribution is 2.29. The quantitative estimate of drug-likeness (QED) is 0.501. The highest BCUT2D eigenvalue weighted by molar-refractivity contribution is 6.30. The number of nitrogens with zero attached hydrogens (tertiary/aromatic N) is 3. The Morgan fingerprint density at radius 2 is 1.80 bits per heavy atom. The van der Waals surface area contributed by atoms with Gasteiger partial charge in [0.1, 0.15) is 5.82 Å². The van der Waals surface area contributed by atoms with Gasteiger partial charge in [-0.3, -0.25) is 9.69 Å². The molecule has 1 N–H and O–H groups in total. The lowest BCUT2D eigenvalue weighted by Gasteiger charge is -2.40. The number of carbonyl (C=O) groups is 1. The van der Waals surface area contributed by atoms with Crippen LogP contribution in [0.15, 0.2) is 60.8 Å². The molecule has 0 radical (unpaired) electrons. The molecule has 7 nitrogen and oxygen atoms in total. The number of ether oxygens (including phenoxy) is 2. The van der Waals surface area contributed by atoms with Gasteiger partial charge in [0.25, 0.3) is 5.91 Å². The normalized spacial score (nSPS) is 16.1. The first-order chi connectivity index (χ1) is 17.0. The lowest BCUT2D eigenvalue weighted by atomic mass is 10.1. The first kappa shape index (κ1) is 24.8. The molecule has 0 bridgehead atoms. The number of carbonyl (C=O) groups excluding carboxylic acids is 1. The molecular formula is C27H31ClN4O3. The largest absolute Gasteiger partial charge is 0.493 e. The predicted molar refractivity (Wildman–Crippen MR) is 138 cm³/mol. The number of aromatic nitrogens is 1. The van der Waals surface area contributed by atoms with Gasteiger partial charge in [-0.2, -0.15) is 0 Å². The molecule has 1 amide bonds. The van der Waals surface area contributed by atoms with E-state index >= 15 is 0 Å². The molecule has 2 heterocycles. The summed E-state index contributed by atoms with van der Waals surface area (Å²) in [5.41, 5.74) is 2.79. The topological polar surface area (TPSA) is 66.9 Å². The Kier molecular flexibility index (Phi) is 8.10. The van der Waals surface area contributed by atoms with Gasteiger partial charge in [-0.05, 0) is 66.6 Å². The molecule has 8 heteroatoms. The average molecular weight is 495 g/mol. The fraction of sp³-hybridized carbons (Fsp3) is 0.333. The molecule has 35 heavy (non-hydrogen) atoms. The van der Waals surface area contributed by atoms with Crippen LogP contribution in [0, 0.1) is 0 Å². The van der Waals surface area contributed by atoms with Crippen molar-refractivity contribution in [2.24, 2.45) is 0 Å². The maximum Gasteiger partial charge on any atom is 0.251 e. The van der Waals surface area contributed by atoms with Crippen LogP contribution < -0.4 is 19.7 Å². The van der Waals surface area contributed by atoms with Gasteiger partial charge >= 0.3 is 0 Å². The highest BCUT2D eigenvalue weighted by Gasteiger charge is 2.25. The van der Waals surface area contributed by atoms with Gasteiger partial charge in [-0.25, -0.2) is 4.98 Å². The number of amides is 1. The van der Waals surface area contributed by atoms with Gasteiger partial charge < -0.3 is 19.7 Å². The van der Waals surface area contributed by atoms with Gasteiger partial charge in [0, 0.05) is 55.5 Å². The Balaban J connectivity index is 1.34. The second-order valence-electron chi connectivity index (χ2n) is 8.67. The summed E-state index contributed by atoms with van der Waals surface area (Å²) in [6.07, 6.45) is 1.81. The standard InChI is InChI=1S/C27H31ClN4O3/c1-19-17-32(13-12-31(19)18-21-4-9-24(34-2)25(14-21)35-3)26-15-20(10-11-29-26)16-30-27(33)22-5-7-23(28)8-6-22/h4-11,14-15,19H,12-13,16-18H2,1-3H3,(H,30,33). The van der Waals surface area contributed by atoms with Crippen molar-refractivity contribution in [3.63, 3.8) is 0 Å². The zero-order valence-electron chi connectivity index (χ0n) is 20.3. The number of hydrogen-bond acceptors (Lipinski definition) is 6. The van der Waals surface area contributed by atoms with E-state index in [0.717, 1.165) is 49.1 Å². The van der Waals surface area contributed by atoms with Crippen molar-refractivity contribution in [2.45, 2.75) is 26.1 Å². The van der Waals surface area contributed by atoms with E-state index in [2.05, 4.69) is 39.2 Å². The Morgan fingerprint density at radius 3 is 2.51 bits per heavy atom. The minimum atomic E-state index is -0.127. The third-order valence-corrected chi connectivity index (χ3v) is 6.54. The monoisotopic (exact) mass is 494 g/mol. The molecule has 1 saturated heterocycles. The van der Waals surface area contributed by atoms with Crippen LogP contribution in [0.25, 0.3) is 0 Å². The summed E-state index contributed by atoms with van der Waals surface area (Å²) in [5, 5.41) is 3.58. The fourth-order valence-electron chi connectivity index (χ4n) is 4.28. The summed E-state index contributed by atoms with van der Waals surface area (Å²) in [7, 11) is 3.31. The van der Waals surface area contributed by atoms with Crippen LogP contribution >= 0.6 is 11.6 Å². The van der Waals surface area contributed by atoms with Gasteiger partial charge in [0.05, 0.1) is 14.2 Å². The van der Waals surface area contributed by atoms with Crippen molar-refractivity contribution in [1.29, 1.82) is 0 Å². The molecule has 4 rings (SSSR count). The van der Waals surface area contributed by atoms with E-state index in [1.807, 2.05) is 18.2 Å². The zero-order valence-corrected chi connectivity index (χ0v) is 21.1. The second-order valence-corrected chi connectivity index (χ2v) is 9.10. The number of methoxy groups -OCH3 is 2. The van der Waals surface area contributed by atoms with Crippen LogP contribution in [-0.4, -0.2) is 55.7 Å². The van der Waals surface area contributed by atoms with Crippen molar-refractivity contribution < 1.29 is 14.3 Å². The van der Waals surface area contributed by atoms with Crippen molar-refractivity contribution in [1.82, 2.24) is 15.2 Å². The Morgan fingerprint density at radius 1 is 1.03 bits per heavy atom. The summed E-state index contributed by atoms with van der Waals surface area (Å²) >= 11 is 5.91. The summed E-state index contributed by atoms with van der Waals surface area (Å²) in [6.45, 7) is 6.20. The number of piperazine rings is 1. The third-order valence-electron chi connectivity index (χ3n) is 6.29. The minimum Gasteiger partial charge on any atom is -0.493 e. The number of benzene rings is 2. The second kappa shape index (κ2) is 11.4. The molecule has 1 aliphatic heterocycles. The van der Waals surface area contributed by atoms with Crippen LogP contribution in [0.1, 0.15) is 28.4 Å². The molecule has 184 valence electrons. The molecule has 3 aromatic rings. The van der Waals surface area contributed by atoms with E-state index < -0.39 is 0 Å². The number of pyridine rings is 1. The van der Waals surface area contributed by atoms with Gasteiger partial charge in [-0.15, -0.1) is 0 Å². The Labute approximate surface area is 211 Å². The Bertz CT molecular complexity index is 1160. The maximum absolute atomic E-state index is 12.4. The molecule has 1 aliphatic rings. The van der Waals surface area contributed by atoms with Crippen LogP contribution in [0.3, 0.4) is 0 Å². The first-order valence-electron chi connectivity index (χ1n) is 11.7. The molecule has 1 aromatic heterocycles. The van der Waals surface area contributed by atoms with Crippen molar-refractivity contribution in [3.05, 3.63) is 82.5 Å². The molecule has 0 spiro atoms. The van der Waals surface area contributed by atoms with E-state index in [4.69, 9.17) is 21.1 Å². The van der Waals surface area contributed by atoms with E-state index in [1.54, 1.807) is 44.7 Å². The molecule has 1 unspecified atom stereocenters. The van der Waals surface area contributed by atoms with E-state index in [1.165, 1.54) is 5.56 Å². The highest BCUT2D eigenvalue weighted by atomic mass is 35.5. The number of anilines is 1. The average Bonchev–Trinajstić information content (AvgIpc) is 2.89. The zero-order chi connectivity index (χ0) is 24.8. The minimum absolute atomic E-state index is 0.127. The van der Waals surface area contributed by atoms with Gasteiger partial charge in [0.15, 0.2) is 11.5 Å². The SMILES string of the molecule is COc1ccc(CN2CCN(c3cc(CNC(=O)c4ccc(Cl)cc4)ccn3)CC2C)cc1OC. The van der Waals surface area contributed by atoms with Gasteiger partial charge in [0.2, 0.25) is 0 Å².